The Kier molecular flexibility index (Phi) is 8.45. The second-order valence-corrected chi connectivity index (χ2v) is 7.45. The number of nitrogens with zero attached hydrogens (tertiary/aromatic N) is 1. The Labute approximate surface area is 180 Å². The van der Waals surface area contributed by atoms with Crippen molar-refractivity contribution >= 4 is 40.4 Å². The summed E-state index contributed by atoms with van der Waals surface area (Å²) in [6, 6.07) is 7.44. The molecule has 0 radical (unpaired) electrons. The summed E-state index contributed by atoms with van der Waals surface area (Å²) in [4.78, 5) is 38.2. The SMILES string of the molecule is CC(=O)O[C@@H]1[C@@H](OC(C)=O)[C@H](SC(=Nc2ccccc2)C(F)(F)F)OC[C@@H]1OC(C)=O. The van der Waals surface area contributed by atoms with Gasteiger partial charge in [0, 0.05) is 20.8 Å². The molecule has 1 aliphatic heterocycles. The number of benzene rings is 1. The number of alkyl halides is 3. The van der Waals surface area contributed by atoms with Crippen LogP contribution in [0, 0.1) is 0 Å². The first kappa shape index (κ1) is 24.7. The maximum atomic E-state index is 13.6. The van der Waals surface area contributed by atoms with Gasteiger partial charge in [-0.1, -0.05) is 30.0 Å². The van der Waals surface area contributed by atoms with Gasteiger partial charge in [-0.25, -0.2) is 4.99 Å². The van der Waals surface area contributed by atoms with Crippen molar-refractivity contribution in [2.24, 2.45) is 4.99 Å². The quantitative estimate of drug-likeness (QED) is 0.284. The van der Waals surface area contributed by atoms with Crippen LogP contribution in [-0.2, 0) is 33.3 Å². The Morgan fingerprint density at radius 2 is 1.52 bits per heavy atom. The van der Waals surface area contributed by atoms with Crippen LogP contribution in [0.25, 0.3) is 0 Å². The Balaban J connectivity index is 2.38. The lowest BCUT2D eigenvalue weighted by Crippen LogP contribution is -2.56. The Bertz CT molecular complexity index is 832. The standard InChI is InChI=1S/C19H20F3NO7S/c1-10(24)28-14-9-27-17(16(30-12(3)26)15(14)29-11(2)25)31-18(19(20,21)22)23-13-7-5-4-6-8-13/h4-8,14-17H,9H2,1-3H3/t14-,15-,16+,17-/m0/s1. The number of halogens is 3. The maximum Gasteiger partial charge on any atom is 0.439 e. The van der Waals surface area contributed by atoms with E-state index in [1.165, 1.54) is 24.3 Å². The van der Waals surface area contributed by atoms with Crippen LogP contribution >= 0.6 is 11.8 Å². The van der Waals surface area contributed by atoms with E-state index in [4.69, 9.17) is 18.9 Å². The summed E-state index contributed by atoms with van der Waals surface area (Å²) in [6.45, 7) is 2.81. The molecular formula is C19H20F3NO7S. The number of esters is 3. The molecule has 8 nitrogen and oxygen atoms in total. The minimum atomic E-state index is -4.84. The van der Waals surface area contributed by atoms with Crippen molar-refractivity contribution in [3.63, 3.8) is 0 Å². The number of hydrogen-bond acceptors (Lipinski definition) is 9. The lowest BCUT2D eigenvalue weighted by Gasteiger charge is -2.40. The Hall–Kier alpha value is -2.60. The van der Waals surface area contributed by atoms with E-state index >= 15 is 0 Å². The fourth-order valence-electron chi connectivity index (χ4n) is 2.70. The molecule has 12 heteroatoms. The highest BCUT2D eigenvalue weighted by Crippen LogP contribution is 2.37. The third-order valence-electron chi connectivity index (χ3n) is 3.76. The predicted octanol–water partition coefficient (Wildman–Crippen LogP) is 3.16. The molecule has 0 amide bonds. The summed E-state index contributed by atoms with van der Waals surface area (Å²) in [5.74, 6) is -2.40. The number of ether oxygens (including phenoxy) is 4. The van der Waals surface area contributed by atoms with E-state index in [0.717, 1.165) is 20.8 Å². The number of rotatable bonds is 5. The van der Waals surface area contributed by atoms with Crippen molar-refractivity contribution in [1.29, 1.82) is 0 Å². The van der Waals surface area contributed by atoms with Crippen molar-refractivity contribution in [3.05, 3.63) is 30.3 Å². The number of carbonyl (C=O) groups excluding carboxylic acids is 3. The van der Waals surface area contributed by atoms with Gasteiger partial charge in [-0.3, -0.25) is 14.4 Å². The van der Waals surface area contributed by atoms with Crippen LogP contribution in [0.3, 0.4) is 0 Å². The maximum absolute atomic E-state index is 13.6. The molecule has 170 valence electrons. The fraction of sp³-hybridized carbons (Fsp3) is 0.474. The second-order valence-electron chi connectivity index (χ2n) is 6.37. The molecule has 31 heavy (non-hydrogen) atoms. The molecule has 1 aromatic carbocycles. The molecule has 0 aliphatic carbocycles. The molecule has 0 unspecified atom stereocenters. The van der Waals surface area contributed by atoms with Gasteiger partial charge in [0.2, 0.25) is 0 Å². The Morgan fingerprint density at radius 1 is 0.968 bits per heavy atom. The van der Waals surface area contributed by atoms with Gasteiger partial charge in [-0.15, -0.1) is 0 Å². The van der Waals surface area contributed by atoms with Crippen molar-refractivity contribution in [2.45, 2.75) is 50.7 Å². The van der Waals surface area contributed by atoms with Crippen molar-refractivity contribution in [2.75, 3.05) is 6.61 Å². The van der Waals surface area contributed by atoms with E-state index < -0.39 is 52.9 Å². The zero-order chi connectivity index (χ0) is 23.2. The largest absolute Gasteiger partial charge is 0.456 e. The van der Waals surface area contributed by atoms with E-state index in [-0.39, 0.29) is 24.1 Å². The first-order valence-electron chi connectivity index (χ1n) is 8.98. The Morgan fingerprint density at radius 3 is 2.03 bits per heavy atom. The van der Waals surface area contributed by atoms with Crippen LogP contribution in [0.1, 0.15) is 20.8 Å². The minimum Gasteiger partial charge on any atom is -0.456 e. The van der Waals surface area contributed by atoms with Crippen LogP contribution in [0.15, 0.2) is 35.3 Å². The summed E-state index contributed by atoms with van der Waals surface area (Å²) < 4.78 is 61.6. The van der Waals surface area contributed by atoms with Gasteiger partial charge < -0.3 is 18.9 Å². The van der Waals surface area contributed by atoms with Gasteiger partial charge in [0.05, 0.1) is 12.3 Å². The van der Waals surface area contributed by atoms with Gasteiger partial charge in [0.1, 0.15) is 5.44 Å². The summed E-state index contributed by atoms with van der Waals surface area (Å²) in [7, 11) is 0. The molecule has 4 atom stereocenters. The summed E-state index contributed by atoms with van der Waals surface area (Å²) in [6.07, 6.45) is -8.88. The summed E-state index contributed by atoms with van der Waals surface area (Å²) in [5, 5.41) is -1.26. The number of aliphatic imine (C=N–C) groups is 1. The highest BCUT2D eigenvalue weighted by atomic mass is 32.2. The minimum absolute atomic E-state index is 0.0523. The zero-order valence-corrected chi connectivity index (χ0v) is 17.6. The van der Waals surface area contributed by atoms with Crippen LogP contribution in [-0.4, -0.2) is 59.5 Å². The van der Waals surface area contributed by atoms with Gasteiger partial charge in [-0.05, 0) is 12.1 Å². The lowest BCUT2D eigenvalue weighted by molar-refractivity contribution is -0.213. The van der Waals surface area contributed by atoms with E-state index in [1.54, 1.807) is 6.07 Å². The van der Waals surface area contributed by atoms with E-state index in [2.05, 4.69) is 4.99 Å². The van der Waals surface area contributed by atoms with Crippen LogP contribution in [0.4, 0.5) is 18.9 Å². The molecule has 0 spiro atoms. The van der Waals surface area contributed by atoms with Crippen molar-refractivity contribution in [1.82, 2.24) is 0 Å². The van der Waals surface area contributed by atoms with Gasteiger partial charge in [0.25, 0.3) is 0 Å². The predicted molar refractivity (Wildman–Crippen MR) is 104 cm³/mol. The zero-order valence-electron chi connectivity index (χ0n) is 16.8. The van der Waals surface area contributed by atoms with Gasteiger partial charge in [-0.2, -0.15) is 13.2 Å². The van der Waals surface area contributed by atoms with E-state index in [1.807, 2.05) is 0 Å². The van der Waals surface area contributed by atoms with Crippen molar-refractivity contribution in [3.8, 4) is 0 Å². The number of thioether (sulfide) groups is 1. The van der Waals surface area contributed by atoms with Crippen molar-refractivity contribution < 1.29 is 46.5 Å². The summed E-state index contributed by atoms with van der Waals surface area (Å²) >= 11 is 0.163. The van der Waals surface area contributed by atoms with Crippen LogP contribution in [0.5, 0.6) is 0 Å². The van der Waals surface area contributed by atoms with Crippen LogP contribution in [0.2, 0.25) is 0 Å². The van der Waals surface area contributed by atoms with E-state index in [0.29, 0.717) is 0 Å². The van der Waals surface area contributed by atoms with Crippen LogP contribution < -0.4 is 0 Å². The second kappa shape index (κ2) is 10.6. The first-order valence-corrected chi connectivity index (χ1v) is 9.86. The molecular weight excluding hydrogens is 443 g/mol. The summed E-state index contributed by atoms with van der Waals surface area (Å²) in [5.41, 5.74) is -1.39. The molecule has 0 saturated carbocycles. The fourth-order valence-corrected chi connectivity index (χ4v) is 3.70. The number of para-hydroxylation sites is 1. The molecule has 0 bridgehead atoms. The normalized spacial score (nSPS) is 24.3. The topological polar surface area (TPSA) is 100 Å². The third-order valence-corrected chi connectivity index (χ3v) is 4.94. The first-order chi connectivity index (χ1) is 14.5. The highest BCUT2D eigenvalue weighted by Gasteiger charge is 2.50. The third kappa shape index (κ3) is 7.55. The molecule has 0 aromatic heterocycles. The molecule has 1 heterocycles. The smallest absolute Gasteiger partial charge is 0.439 e. The number of hydrogen-bond donors (Lipinski definition) is 0. The average molecular weight is 463 g/mol. The highest BCUT2D eigenvalue weighted by molar-refractivity contribution is 8.14. The molecule has 1 saturated heterocycles. The molecule has 1 fully saturated rings. The molecule has 2 rings (SSSR count). The van der Waals surface area contributed by atoms with Gasteiger partial charge in [0.15, 0.2) is 23.4 Å². The number of carbonyl (C=O) groups is 3. The average Bonchev–Trinajstić information content (AvgIpc) is 2.64. The van der Waals surface area contributed by atoms with E-state index in [9.17, 15) is 27.6 Å². The molecule has 1 aromatic rings. The van der Waals surface area contributed by atoms with Gasteiger partial charge >= 0.3 is 24.1 Å². The lowest BCUT2D eigenvalue weighted by atomic mass is 10.1. The molecule has 1 aliphatic rings. The monoisotopic (exact) mass is 463 g/mol. The molecule has 0 N–H and O–H groups in total.